The van der Waals surface area contributed by atoms with Gasteiger partial charge in [-0.15, -0.1) is 24.8 Å². The molecule has 1 aromatic rings. The maximum Gasteiger partial charge on any atom is 0.404 e. The lowest BCUT2D eigenvalue weighted by molar-refractivity contribution is -0.178. The Labute approximate surface area is 146 Å². The van der Waals surface area contributed by atoms with Crippen molar-refractivity contribution in [1.29, 1.82) is 0 Å². The molecule has 0 amide bonds. The molecule has 3 atom stereocenters. The number of hydrogen-bond acceptors (Lipinski definition) is 3. The molecule has 8 heteroatoms. The Kier molecular flexibility index (Phi) is 9.47. The van der Waals surface area contributed by atoms with E-state index in [1.54, 1.807) is 0 Å². The molecule has 0 spiro atoms. The number of likely N-dealkylation sites (tertiary alicyclic amines) is 1. The van der Waals surface area contributed by atoms with Gasteiger partial charge in [0.05, 0.1) is 6.10 Å². The first-order chi connectivity index (χ1) is 9.88. The summed E-state index contributed by atoms with van der Waals surface area (Å²) in [4.78, 5) is 1.30. The van der Waals surface area contributed by atoms with E-state index in [-0.39, 0.29) is 37.8 Å². The van der Waals surface area contributed by atoms with Crippen molar-refractivity contribution in [3.63, 3.8) is 0 Å². The maximum atomic E-state index is 12.9. The van der Waals surface area contributed by atoms with Crippen molar-refractivity contribution >= 4 is 24.8 Å². The van der Waals surface area contributed by atoms with E-state index in [1.807, 2.05) is 30.3 Å². The Bertz CT molecular complexity index is 448. The van der Waals surface area contributed by atoms with Crippen LogP contribution in [0.4, 0.5) is 13.2 Å². The molecule has 1 heterocycles. The fourth-order valence-corrected chi connectivity index (χ4v) is 2.81. The molecule has 0 saturated carbocycles. The van der Waals surface area contributed by atoms with Crippen LogP contribution >= 0.6 is 24.8 Å². The van der Waals surface area contributed by atoms with Crippen molar-refractivity contribution in [2.45, 2.75) is 43.6 Å². The number of aliphatic hydroxyl groups excluding tert-OH is 1. The molecular weight excluding hydrogens is 352 g/mol. The van der Waals surface area contributed by atoms with Crippen LogP contribution in [-0.2, 0) is 6.42 Å². The van der Waals surface area contributed by atoms with Gasteiger partial charge in [-0.3, -0.25) is 4.90 Å². The number of β-amino-alcohol motifs (C(OH)–C–C–N with tert-alkyl or cyclic N) is 1. The summed E-state index contributed by atoms with van der Waals surface area (Å²) in [5, 5.41) is 10.1. The first-order valence-electron chi connectivity index (χ1n) is 7.16. The van der Waals surface area contributed by atoms with Crippen LogP contribution in [0.15, 0.2) is 30.3 Å². The Morgan fingerprint density at radius 2 is 1.83 bits per heavy atom. The number of halogens is 5. The fraction of sp³-hybridized carbons (Fsp3) is 0.600. The molecule has 1 aromatic carbocycles. The van der Waals surface area contributed by atoms with Gasteiger partial charge in [0.1, 0.15) is 6.04 Å². The molecule has 0 bridgehead atoms. The summed E-state index contributed by atoms with van der Waals surface area (Å²) in [5.74, 6) is 0. The minimum atomic E-state index is -4.24. The Morgan fingerprint density at radius 3 is 2.39 bits per heavy atom. The van der Waals surface area contributed by atoms with Crippen LogP contribution in [0.3, 0.4) is 0 Å². The van der Waals surface area contributed by atoms with E-state index in [0.717, 1.165) is 5.56 Å². The molecule has 23 heavy (non-hydrogen) atoms. The maximum absolute atomic E-state index is 12.9. The summed E-state index contributed by atoms with van der Waals surface area (Å²) in [5.41, 5.74) is 6.89. The highest BCUT2D eigenvalue weighted by Gasteiger charge is 2.46. The number of benzene rings is 1. The number of nitrogens with two attached hydrogens (primary N) is 1. The van der Waals surface area contributed by atoms with Gasteiger partial charge in [-0.1, -0.05) is 30.3 Å². The van der Waals surface area contributed by atoms with Crippen LogP contribution in [0.1, 0.15) is 18.4 Å². The largest absolute Gasteiger partial charge is 0.404 e. The number of aliphatic hydroxyl groups is 1. The first kappa shape index (κ1) is 22.5. The molecule has 1 saturated heterocycles. The summed E-state index contributed by atoms with van der Waals surface area (Å²) in [7, 11) is 0. The highest BCUT2D eigenvalue weighted by atomic mass is 35.5. The molecule has 1 aliphatic heterocycles. The average molecular weight is 375 g/mol. The topological polar surface area (TPSA) is 49.5 Å². The molecule has 134 valence electrons. The zero-order valence-corrected chi connectivity index (χ0v) is 14.2. The SMILES string of the molecule is Cl.Cl.N[C@@H](Cc1ccccc1)[C@@H](O)CN1CCC[C@H]1C(F)(F)F. The monoisotopic (exact) mass is 374 g/mol. The normalized spacial score (nSPS) is 21.2. The minimum absolute atomic E-state index is 0. The van der Waals surface area contributed by atoms with Crippen molar-refractivity contribution in [3.8, 4) is 0 Å². The van der Waals surface area contributed by atoms with Gasteiger partial charge < -0.3 is 10.8 Å². The predicted octanol–water partition coefficient (Wildman–Crippen LogP) is 2.79. The van der Waals surface area contributed by atoms with Crippen LogP contribution < -0.4 is 5.73 Å². The average Bonchev–Trinajstić information content (AvgIpc) is 2.88. The van der Waals surface area contributed by atoms with Gasteiger partial charge >= 0.3 is 6.18 Å². The molecule has 2 rings (SSSR count). The number of alkyl halides is 3. The van der Waals surface area contributed by atoms with Crippen LogP contribution in [0.2, 0.25) is 0 Å². The van der Waals surface area contributed by atoms with Gasteiger partial charge in [0.25, 0.3) is 0 Å². The summed E-state index contributed by atoms with van der Waals surface area (Å²) in [6.45, 7) is 0.331. The third kappa shape index (κ3) is 6.47. The van der Waals surface area contributed by atoms with Crippen molar-refractivity contribution in [2.24, 2.45) is 5.73 Å². The Hall–Kier alpha value is -0.530. The zero-order valence-electron chi connectivity index (χ0n) is 12.6. The van der Waals surface area contributed by atoms with Gasteiger partial charge in [0.15, 0.2) is 0 Å². The van der Waals surface area contributed by atoms with Crippen molar-refractivity contribution in [2.75, 3.05) is 13.1 Å². The Morgan fingerprint density at radius 1 is 1.22 bits per heavy atom. The summed E-state index contributed by atoms with van der Waals surface area (Å²) in [6.07, 6.45) is -4.14. The quantitative estimate of drug-likeness (QED) is 0.832. The molecule has 1 fully saturated rings. The fourth-order valence-electron chi connectivity index (χ4n) is 2.81. The van der Waals surface area contributed by atoms with Gasteiger partial charge in [-0.05, 0) is 31.4 Å². The summed E-state index contributed by atoms with van der Waals surface area (Å²) in [6, 6.07) is 7.38. The molecular formula is C15H23Cl2F3N2O. The molecule has 3 N–H and O–H groups in total. The number of hydrogen-bond donors (Lipinski definition) is 2. The van der Waals surface area contributed by atoms with E-state index in [2.05, 4.69) is 0 Å². The van der Waals surface area contributed by atoms with E-state index >= 15 is 0 Å². The number of rotatable bonds is 5. The standard InChI is InChI=1S/C15H21F3N2O.2ClH/c16-15(17,18)14-7-4-8-20(14)10-13(21)12(19)9-11-5-2-1-3-6-11;;/h1-3,5-6,12-14,21H,4,7-10,19H2;2*1H/t12-,13-,14-;;/m0../s1. The lowest BCUT2D eigenvalue weighted by Gasteiger charge is -2.30. The third-order valence-electron chi connectivity index (χ3n) is 3.97. The van der Waals surface area contributed by atoms with E-state index in [9.17, 15) is 18.3 Å². The lowest BCUT2D eigenvalue weighted by atomic mass is 10.0. The Balaban J connectivity index is 0.00000242. The minimum Gasteiger partial charge on any atom is -0.390 e. The van der Waals surface area contributed by atoms with Crippen LogP contribution in [0.5, 0.6) is 0 Å². The van der Waals surface area contributed by atoms with E-state index in [4.69, 9.17) is 5.73 Å². The van der Waals surface area contributed by atoms with E-state index in [1.165, 1.54) is 4.90 Å². The second-order valence-electron chi connectivity index (χ2n) is 5.62. The van der Waals surface area contributed by atoms with Crippen molar-refractivity contribution in [3.05, 3.63) is 35.9 Å². The van der Waals surface area contributed by atoms with E-state index < -0.39 is 24.4 Å². The van der Waals surface area contributed by atoms with Crippen LogP contribution in [-0.4, -0.2) is 47.5 Å². The van der Waals surface area contributed by atoms with Crippen LogP contribution in [0.25, 0.3) is 0 Å². The predicted molar refractivity (Wildman–Crippen MR) is 89.3 cm³/mol. The van der Waals surface area contributed by atoms with E-state index in [0.29, 0.717) is 19.4 Å². The molecule has 0 unspecified atom stereocenters. The molecule has 3 nitrogen and oxygen atoms in total. The molecule has 0 aliphatic carbocycles. The van der Waals surface area contributed by atoms with Gasteiger partial charge in [-0.2, -0.15) is 13.2 Å². The van der Waals surface area contributed by atoms with Crippen LogP contribution in [0, 0.1) is 0 Å². The van der Waals surface area contributed by atoms with Crippen molar-refractivity contribution < 1.29 is 18.3 Å². The van der Waals surface area contributed by atoms with Gasteiger partial charge in [0.2, 0.25) is 0 Å². The molecule has 0 radical (unpaired) electrons. The molecule has 1 aliphatic rings. The third-order valence-corrected chi connectivity index (χ3v) is 3.97. The second-order valence-corrected chi connectivity index (χ2v) is 5.62. The highest BCUT2D eigenvalue weighted by Crippen LogP contribution is 2.32. The second kappa shape index (κ2) is 9.69. The van der Waals surface area contributed by atoms with Gasteiger partial charge in [0, 0.05) is 12.6 Å². The highest BCUT2D eigenvalue weighted by molar-refractivity contribution is 5.85. The lowest BCUT2D eigenvalue weighted by Crippen LogP contribution is -2.49. The zero-order chi connectivity index (χ0) is 15.5. The van der Waals surface area contributed by atoms with Gasteiger partial charge in [-0.25, -0.2) is 0 Å². The smallest absolute Gasteiger partial charge is 0.390 e. The summed E-state index contributed by atoms with van der Waals surface area (Å²) >= 11 is 0. The first-order valence-corrected chi connectivity index (χ1v) is 7.16. The van der Waals surface area contributed by atoms with Crippen molar-refractivity contribution in [1.82, 2.24) is 4.90 Å². The molecule has 0 aromatic heterocycles. The summed E-state index contributed by atoms with van der Waals surface area (Å²) < 4.78 is 38.6. The number of nitrogens with zero attached hydrogens (tertiary/aromatic N) is 1.